The number of anilines is 2. The van der Waals surface area contributed by atoms with E-state index in [2.05, 4.69) is 35.6 Å². The number of carbonyl (C=O) groups excluding carboxylic acids is 1. The average molecular weight is 373 g/mol. The molecule has 27 heavy (non-hydrogen) atoms. The molecule has 3 aliphatic heterocycles. The number of likely N-dealkylation sites (tertiary alicyclic amines) is 1. The zero-order valence-corrected chi connectivity index (χ0v) is 16.4. The lowest BCUT2D eigenvalue weighted by atomic mass is 10.2. The Balaban J connectivity index is 1.28. The minimum absolute atomic E-state index is 0.309. The van der Waals surface area contributed by atoms with Crippen molar-refractivity contribution in [3.8, 4) is 0 Å². The summed E-state index contributed by atoms with van der Waals surface area (Å²) in [5.74, 6) is 2.38. The number of nitrogens with zero attached hydrogens (tertiary/aromatic N) is 6. The van der Waals surface area contributed by atoms with Crippen LogP contribution in [-0.4, -0.2) is 84.6 Å². The Bertz CT molecular complexity index is 617. The van der Waals surface area contributed by atoms with Gasteiger partial charge in [-0.2, -0.15) is 0 Å². The molecule has 1 amide bonds. The van der Waals surface area contributed by atoms with E-state index in [9.17, 15) is 4.79 Å². The summed E-state index contributed by atoms with van der Waals surface area (Å²) in [6.45, 7) is 8.33. The third-order valence-corrected chi connectivity index (χ3v) is 6.08. The van der Waals surface area contributed by atoms with Gasteiger partial charge in [0.25, 0.3) is 0 Å². The molecule has 1 aromatic heterocycles. The first kappa shape index (κ1) is 18.5. The van der Waals surface area contributed by atoms with Gasteiger partial charge in [-0.25, -0.2) is 9.97 Å². The van der Waals surface area contributed by atoms with Gasteiger partial charge in [0.05, 0.1) is 6.54 Å². The summed E-state index contributed by atoms with van der Waals surface area (Å²) in [5.41, 5.74) is 0. The summed E-state index contributed by atoms with van der Waals surface area (Å²) in [6, 6.07) is 2.13. The Morgan fingerprint density at radius 2 is 1.30 bits per heavy atom. The van der Waals surface area contributed by atoms with Crippen LogP contribution in [0, 0.1) is 0 Å². The van der Waals surface area contributed by atoms with Gasteiger partial charge in [-0.05, 0) is 25.7 Å². The third kappa shape index (κ3) is 4.69. The Labute approximate surface area is 162 Å². The maximum Gasteiger partial charge on any atom is 0.236 e. The first-order valence-corrected chi connectivity index (χ1v) is 10.6. The number of hydrogen-bond acceptors (Lipinski definition) is 6. The summed E-state index contributed by atoms with van der Waals surface area (Å²) in [7, 11) is 0. The molecule has 3 fully saturated rings. The van der Waals surface area contributed by atoms with Crippen molar-refractivity contribution in [2.75, 3.05) is 68.7 Å². The number of aromatic nitrogens is 2. The van der Waals surface area contributed by atoms with Crippen LogP contribution < -0.4 is 9.80 Å². The van der Waals surface area contributed by atoms with Crippen LogP contribution in [0.1, 0.15) is 38.5 Å². The molecule has 0 aromatic carbocycles. The van der Waals surface area contributed by atoms with Crippen molar-refractivity contribution >= 4 is 17.5 Å². The second-order valence-corrected chi connectivity index (χ2v) is 7.99. The van der Waals surface area contributed by atoms with E-state index < -0.39 is 0 Å². The van der Waals surface area contributed by atoms with Crippen LogP contribution in [0.15, 0.2) is 12.4 Å². The molecule has 0 saturated carbocycles. The van der Waals surface area contributed by atoms with Crippen LogP contribution in [0.3, 0.4) is 0 Å². The highest BCUT2D eigenvalue weighted by Gasteiger charge is 2.23. The lowest BCUT2D eigenvalue weighted by molar-refractivity contribution is -0.132. The SMILES string of the molecule is O=C(CN1CCN(c2cc(N3CCCC3)ncn2)CC1)N1CCCCCC1. The molecule has 0 spiro atoms. The Hall–Kier alpha value is -1.89. The normalized spacial score (nSPS) is 22.1. The first-order valence-electron chi connectivity index (χ1n) is 10.6. The monoisotopic (exact) mass is 372 g/mol. The molecule has 0 N–H and O–H groups in total. The third-order valence-electron chi connectivity index (χ3n) is 6.08. The van der Waals surface area contributed by atoms with Gasteiger partial charge >= 0.3 is 0 Å². The van der Waals surface area contributed by atoms with Crippen LogP contribution >= 0.6 is 0 Å². The highest BCUT2D eigenvalue weighted by atomic mass is 16.2. The molecule has 3 saturated heterocycles. The van der Waals surface area contributed by atoms with Gasteiger partial charge in [0.1, 0.15) is 18.0 Å². The Morgan fingerprint density at radius 3 is 1.93 bits per heavy atom. The predicted octanol–water partition coefficient (Wildman–Crippen LogP) is 1.60. The standard InChI is InChI=1S/C20H32N6O/c27-20(26-9-3-1-2-4-10-26)16-23-11-13-25(14-12-23)19-15-18(21-17-22-19)24-7-5-6-8-24/h15,17H,1-14,16H2. The fraction of sp³-hybridized carbons (Fsp3) is 0.750. The molecule has 4 rings (SSSR count). The molecule has 0 atom stereocenters. The smallest absolute Gasteiger partial charge is 0.236 e. The summed E-state index contributed by atoms with van der Waals surface area (Å²) in [4.78, 5) is 30.6. The van der Waals surface area contributed by atoms with Crippen LogP contribution in [0.5, 0.6) is 0 Å². The van der Waals surface area contributed by atoms with E-state index in [0.29, 0.717) is 12.5 Å². The maximum atomic E-state index is 12.6. The van der Waals surface area contributed by atoms with E-state index in [1.165, 1.54) is 25.7 Å². The first-order chi connectivity index (χ1) is 13.3. The van der Waals surface area contributed by atoms with E-state index >= 15 is 0 Å². The number of piperazine rings is 1. The van der Waals surface area contributed by atoms with Gasteiger partial charge in [-0.3, -0.25) is 9.69 Å². The fourth-order valence-corrected chi connectivity index (χ4v) is 4.38. The molecular weight excluding hydrogens is 340 g/mol. The van der Waals surface area contributed by atoms with Crippen LogP contribution in [0.2, 0.25) is 0 Å². The van der Waals surface area contributed by atoms with E-state index in [1.54, 1.807) is 6.33 Å². The fourth-order valence-electron chi connectivity index (χ4n) is 4.38. The molecule has 0 aliphatic carbocycles. The van der Waals surface area contributed by atoms with E-state index in [4.69, 9.17) is 0 Å². The van der Waals surface area contributed by atoms with Gasteiger partial charge in [0.2, 0.25) is 5.91 Å². The highest BCUT2D eigenvalue weighted by molar-refractivity contribution is 5.78. The van der Waals surface area contributed by atoms with Gasteiger partial charge < -0.3 is 14.7 Å². The maximum absolute atomic E-state index is 12.6. The minimum Gasteiger partial charge on any atom is -0.356 e. The lowest BCUT2D eigenvalue weighted by Crippen LogP contribution is -2.50. The number of amides is 1. The van der Waals surface area contributed by atoms with Crippen molar-refractivity contribution < 1.29 is 4.79 Å². The van der Waals surface area contributed by atoms with Gasteiger partial charge in [0.15, 0.2) is 0 Å². The topological polar surface area (TPSA) is 55.8 Å². The molecule has 0 unspecified atom stereocenters. The second-order valence-electron chi connectivity index (χ2n) is 7.99. The zero-order chi connectivity index (χ0) is 18.5. The molecular formula is C20H32N6O. The molecule has 1 aromatic rings. The molecule has 148 valence electrons. The summed E-state index contributed by atoms with van der Waals surface area (Å²) >= 11 is 0. The Kier molecular flexibility index (Phi) is 6.07. The van der Waals surface area contributed by atoms with Crippen molar-refractivity contribution in [1.29, 1.82) is 0 Å². The predicted molar refractivity (Wildman–Crippen MR) is 107 cm³/mol. The number of carbonyl (C=O) groups is 1. The van der Waals surface area contributed by atoms with Crippen LogP contribution in [0.4, 0.5) is 11.6 Å². The van der Waals surface area contributed by atoms with E-state index in [0.717, 1.165) is 76.8 Å². The molecule has 4 heterocycles. The number of rotatable bonds is 4. The van der Waals surface area contributed by atoms with Crippen molar-refractivity contribution in [2.24, 2.45) is 0 Å². The van der Waals surface area contributed by atoms with Gasteiger partial charge in [-0.1, -0.05) is 12.8 Å². The second kappa shape index (κ2) is 8.87. The van der Waals surface area contributed by atoms with E-state index in [1.807, 2.05) is 0 Å². The molecule has 0 bridgehead atoms. The molecule has 0 radical (unpaired) electrons. The zero-order valence-electron chi connectivity index (χ0n) is 16.4. The van der Waals surface area contributed by atoms with E-state index in [-0.39, 0.29) is 0 Å². The van der Waals surface area contributed by atoms with Crippen molar-refractivity contribution in [3.63, 3.8) is 0 Å². The quantitative estimate of drug-likeness (QED) is 0.800. The van der Waals surface area contributed by atoms with Crippen molar-refractivity contribution in [2.45, 2.75) is 38.5 Å². The van der Waals surface area contributed by atoms with Gasteiger partial charge in [0, 0.05) is 58.4 Å². The number of hydrogen-bond donors (Lipinski definition) is 0. The molecule has 3 aliphatic rings. The summed E-state index contributed by atoms with van der Waals surface area (Å²) in [5, 5.41) is 0. The van der Waals surface area contributed by atoms with Crippen molar-refractivity contribution in [1.82, 2.24) is 19.8 Å². The van der Waals surface area contributed by atoms with Crippen LogP contribution in [-0.2, 0) is 4.79 Å². The summed E-state index contributed by atoms with van der Waals surface area (Å²) in [6.07, 6.45) is 9.05. The minimum atomic E-state index is 0.309. The Morgan fingerprint density at radius 1 is 0.741 bits per heavy atom. The summed E-state index contributed by atoms with van der Waals surface area (Å²) < 4.78 is 0. The van der Waals surface area contributed by atoms with Gasteiger partial charge in [-0.15, -0.1) is 0 Å². The molecule has 7 heteroatoms. The average Bonchev–Trinajstić information content (AvgIpc) is 3.11. The van der Waals surface area contributed by atoms with Crippen molar-refractivity contribution in [3.05, 3.63) is 12.4 Å². The highest BCUT2D eigenvalue weighted by Crippen LogP contribution is 2.22. The van der Waals surface area contributed by atoms with Crippen LogP contribution in [0.25, 0.3) is 0 Å². The largest absolute Gasteiger partial charge is 0.356 e. The molecule has 7 nitrogen and oxygen atoms in total. The lowest BCUT2D eigenvalue weighted by Gasteiger charge is -2.36.